The van der Waals surface area contributed by atoms with Crippen molar-refractivity contribution in [3.63, 3.8) is 0 Å². The summed E-state index contributed by atoms with van der Waals surface area (Å²) in [7, 11) is -3.66. The fraction of sp³-hybridized carbons (Fsp3) is 0.579. The zero-order chi connectivity index (χ0) is 20.9. The van der Waals surface area contributed by atoms with Crippen molar-refractivity contribution in [2.75, 3.05) is 19.7 Å². The first-order chi connectivity index (χ1) is 14.4. The van der Waals surface area contributed by atoms with Crippen LogP contribution in [0.15, 0.2) is 27.9 Å². The molecule has 0 bridgehead atoms. The van der Waals surface area contributed by atoms with Gasteiger partial charge in [-0.25, -0.2) is 18.0 Å². The molecule has 3 atom stereocenters. The topological polar surface area (TPSA) is 136 Å². The maximum Gasteiger partial charge on any atom is 0.323 e. The highest BCUT2D eigenvalue weighted by molar-refractivity contribution is 7.89. The van der Waals surface area contributed by atoms with Crippen LogP contribution in [-0.4, -0.2) is 60.7 Å². The number of nitrogens with zero attached hydrogens (tertiary/aromatic N) is 1. The number of fused-ring (bicyclic) bond motifs is 2. The molecule has 162 valence electrons. The average molecular weight is 436 g/mol. The third-order valence-electron chi connectivity index (χ3n) is 6.53. The molecule has 0 spiro atoms. The lowest BCUT2D eigenvalue weighted by atomic mass is 9.78. The van der Waals surface area contributed by atoms with Gasteiger partial charge in [-0.15, -0.1) is 0 Å². The minimum absolute atomic E-state index is 0.00446. The maximum atomic E-state index is 13.1. The second-order valence-corrected chi connectivity index (χ2v) is 10.2. The quantitative estimate of drug-likeness (QED) is 0.562. The van der Waals surface area contributed by atoms with Crippen molar-refractivity contribution >= 4 is 27.1 Å². The maximum absolute atomic E-state index is 13.1. The van der Waals surface area contributed by atoms with Crippen molar-refractivity contribution in [1.29, 1.82) is 0 Å². The number of amides is 2. The number of sulfonamides is 1. The van der Waals surface area contributed by atoms with Crippen molar-refractivity contribution in [2.24, 2.45) is 11.8 Å². The van der Waals surface area contributed by atoms with Crippen LogP contribution in [0.3, 0.4) is 0 Å². The number of benzene rings is 1. The number of urea groups is 1. The molecule has 3 aliphatic rings. The molecule has 1 aromatic carbocycles. The molecule has 10 nitrogen and oxygen atoms in total. The number of ether oxygens (including phenoxy) is 1. The molecule has 2 amide bonds. The number of imidazole rings is 1. The lowest BCUT2D eigenvalue weighted by Gasteiger charge is -2.46. The van der Waals surface area contributed by atoms with E-state index in [2.05, 4.69) is 20.6 Å². The lowest BCUT2D eigenvalue weighted by molar-refractivity contribution is -0.0696. The molecule has 4 N–H and O–H groups in total. The van der Waals surface area contributed by atoms with E-state index < -0.39 is 10.0 Å². The number of rotatable bonds is 3. The fourth-order valence-corrected chi connectivity index (χ4v) is 6.51. The van der Waals surface area contributed by atoms with E-state index in [0.717, 1.165) is 12.8 Å². The predicted molar refractivity (Wildman–Crippen MR) is 108 cm³/mol. The molecular weight excluding hydrogens is 410 g/mol. The van der Waals surface area contributed by atoms with Crippen LogP contribution in [-0.2, 0) is 14.8 Å². The molecule has 11 heteroatoms. The van der Waals surface area contributed by atoms with Crippen molar-refractivity contribution in [1.82, 2.24) is 24.9 Å². The molecule has 0 radical (unpaired) electrons. The molecule has 3 saturated heterocycles. The van der Waals surface area contributed by atoms with Crippen LogP contribution in [0, 0.1) is 11.8 Å². The Morgan fingerprint density at radius 3 is 2.57 bits per heavy atom. The summed E-state index contributed by atoms with van der Waals surface area (Å²) in [5.41, 5.74) is 0.676. The number of hydrogen-bond acceptors (Lipinski definition) is 5. The molecule has 1 aromatic heterocycles. The van der Waals surface area contributed by atoms with Gasteiger partial charge in [0.1, 0.15) is 6.23 Å². The van der Waals surface area contributed by atoms with Gasteiger partial charge in [0.05, 0.1) is 15.9 Å². The van der Waals surface area contributed by atoms with Gasteiger partial charge in [0, 0.05) is 31.7 Å². The Labute approximate surface area is 173 Å². The van der Waals surface area contributed by atoms with Gasteiger partial charge in [-0.1, -0.05) is 0 Å². The number of H-pyrrole nitrogens is 2. The van der Waals surface area contributed by atoms with Gasteiger partial charge in [-0.05, 0) is 49.8 Å². The molecule has 0 aliphatic carbocycles. The number of aromatic nitrogens is 2. The van der Waals surface area contributed by atoms with Crippen molar-refractivity contribution < 1.29 is 17.9 Å². The standard InChI is InChI=1S/C19H25N5O5S/c25-18-20-14-4-3-12(10-15(14)21-18)30(27,28)24-7-5-11(6-8-24)16-13-2-1-9-29-17(13)23-19(26)22-16/h3-4,10-11,13,16-17H,1-2,5-9H2,(H2,20,21,25)(H2,22,23,26)/t13-,16-,17-/m0/s1. The molecule has 2 aromatic rings. The van der Waals surface area contributed by atoms with E-state index in [1.54, 1.807) is 6.07 Å². The van der Waals surface area contributed by atoms with E-state index in [1.807, 2.05) is 0 Å². The molecule has 3 aliphatic heterocycles. The molecular formula is C19H25N5O5S. The number of aromatic amines is 2. The summed E-state index contributed by atoms with van der Waals surface area (Å²) in [5, 5.41) is 5.91. The van der Waals surface area contributed by atoms with Gasteiger partial charge < -0.3 is 25.3 Å². The largest absolute Gasteiger partial charge is 0.358 e. The highest BCUT2D eigenvalue weighted by Crippen LogP contribution is 2.34. The smallest absolute Gasteiger partial charge is 0.323 e. The molecule has 5 rings (SSSR count). The van der Waals surface area contributed by atoms with E-state index >= 15 is 0 Å². The Balaban J connectivity index is 1.30. The van der Waals surface area contributed by atoms with Crippen molar-refractivity contribution in [2.45, 2.75) is 42.8 Å². The Bertz CT molecular complexity index is 1120. The number of carbonyl (C=O) groups is 1. The third kappa shape index (κ3) is 3.40. The minimum atomic E-state index is -3.66. The van der Waals surface area contributed by atoms with E-state index in [-0.39, 0.29) is 40.7 Å². The number of carbonyl (C=O) groups excluding carboxylic acids is 1. The summed E-state index contributed by atoms with van der Waals surface area (Å²) >= 11 is 0. The lowest BCUT2D eigenvalue weighted by Crippen LogP contribution is -2.65. The molecule has 0 unspecified atom stereocenters. The normalized spacial score (nSPS) is 28.7. The van der Waals surface area contributed by atoms with Crippen molar-refractivity contribution in [3.05, 3.63) is 28.7 Å². The van der Waals surface area contributed by atoms with Gasteiger partial charge >= 0.3 is 11.7 Å². The SMILES string of the molecule is O=C1N[C@H]2OCCC[C@H]2[C@H](C2CCN(S(=O)(=O)c3ccc4[nH]c(=O)[nH]c4c3)CC2)N1. The van der Waals surface area contributed by atoms with Crippen molar-refractivity contribution in [3.8, 4) is 0 Å². The van der Waals surface area contributed by atoms with Gasteiger partial charge in [0.15, 0.2) is 0 Å². The van der Waals surface area contributed by atoms with Gasteiger partial charge in [-0.2, -0.15) is 4.31 Å². The van der Waals surface area contributed by atoms with Crippen LogP contribution in [0.5, 0.6) is 0 Å². The first kappa shape index (κ1) is 19.6. The molecule has 30 heavy (non-hydrogen) atoms. The Morgan fingerprint density at radius 1 is 1.00 bits per heavy atom. The summed E-state index contributed by atoms with van der Waals surface area (Å²) in [6.45, 7) is 1.45. The average Bonchev–Trinajstić information content (AvgIpc) is 3.12. The van der Waals surface area contributed by atoms with E-state index in [0.29, 0.717) is 43.6 Å². The molecule has 0 saturated carbocycles. The highest BCUT2D eigenvalue weighted by Gasteiger charge is 2.43. The number of hydrogen-bond donors (Lipinski definition) is 4. The van der Waals surface area contributed by atoms with Gasteiger partial charge in [0.2, 0.25) is 10.0 Å². The van der Waals surface area contributed by atoms with Gasteiger partial charge in [0.25, 0.3) is 0 Å². The minimum Gasteiger partial charge on any atom is -0.358 e. The van der Waals surface area contributed by atoms with Crippen LogP contribution in [0.1, 0.15) is 25.7 Å². The first-order valence-corrected chi connectivity index (χ1v) is 11.8. The summed E-state index contributed by atoms with van der Waals surface area (Å²) in [4.78, 5) is 28.9. The fourth-order valence-electron chi connectivity index (χ4n) is 5.01. The molecule has 4 heterocycles. The number of nitrogens with one attached hydrogen (secondary N) is 4. The Hall–Kier alpha value is -2.37. The van der Waals surface area contributed by atoms with Crippen LogP contribution < -0.4 is 16.3 Å². The summed E-state index contributed by atoms with van der Waals surface area (Å²) in [6, 6.07) is 4.39. The zero-order valence-corrected chi connectivity index (χ0v) is 17.2. The summed E-state index contributed by atoms with van der Waals surface area (Å²) < 4.78 is 33.5. The van der Waals surface area contributed by atoms with Gasteiger partial charge in [-0.3, -0.25) is 0 Å². The van der Waals surface area contributed by atoms with Crippen LogP contribution in [0.4, 0.5) is 4.79 Å². The van der Waals surface area contributed by atoms with E-state index in [1.165, 1.54) is 16.4 Å². The zero-order valence-electron chi connectivity index (χ0n) is 16.4. The summed E-state index contributed by atoms with van der Waals surface area (Å²) in [6.07, 6.45) is 3.05. The van der Waals surface area contributed by atoms with E-state index in [4.69, 9.17) is 4.74 Å². The Morgan fingerprint density at radius 2 is 1.77 bits per heavy atom. The van der Waals surface area contributed by atoms with E-state index in [9.17, 15) is 18.0 Å². The number of piperidine rings is 1. The third-order valence-corrected chi connectivity index (χ3v) is 8.43. The highest BCUT2D eigenvalue weighted by atomic mass is 32.2. The molecule has 3 fully saturated rings. The van der Waals surface area contributed by atoms with Crippen LogP contribution in [0.25, 0.3) is 11.0 Å². The second-order valence-electron chi connectivity index (χ2n) is 8.27. The second kappa shape index (κ2) is 7.40. The summed E-state index contributed by atoms with van der Waals surface area (Å²) in [5.74, 6) is 0.414. The Kier molecular flexibility index (Phi) is 4.83. The van der Waals surface area contributed by atoms with Crippen LogP contribution in [0.2, 0.25) is 0 Å². The first-order valence-electron chi connectivity index (χ1n) is 10.3. The monoisotopic (exact) mass is 435 g/mol. The van der Waals surface area contributed by atoms with Crippen LogP contribution >= 0.6 is 0 Å². The predicted octanol–water partition coefficient (Wildman–Crippen LogP) is 0.691.